The molecular weight excluding hydrogens is 194 g/mol. The van der Waals surface area contributed by atoms with E-state index in [-0.39, 0.29) is 12.1 Å². The molecule has 0 radical (unpaired) electrons. The Morgan fingerprint density at radius 3 is 2.50 bits per heavy atom. The Morgan fingerprint density at radius 1 is 1.43 bits per heavy atom. The third-order valence-corrected chi connectivity index (χ3v) is 3.44. The molecule has 1 aromatic rings. The summed E-state index contributed by atoms with van der Waals surface area (Å²) in [6.07, 6.45) is 0.253. The highest BCUT2D eigenvalue weighted by Crippen LogP contribution is 2.25. The van der Waals surface area contributed by atoms with Gasteiger partial charge in [-0.05, 0) is 39.3 Å². The normalized spacial score (nSPS) is 13.6. The second kappa shape index (κ2) is 4.91. The number of ether oxygens (including phenoxy) is 1. The van der Waals surface area contributed by atoms with Crippen LogP contribution < -0.4 is 5.73 Å². The van der Waals surface area contributed by atoms with E-state index in [2.05, 4.69) is 19.9 Å². The lowest BCUT2D eigenvalue weighted by atomic mass is 10.2. The Hall–Kier alpha value is -0.380. The highest BCUT2D eigenvalue weighted by Gasteiger charge is 2.10. The van der Waals surface area contributed by atoms with Gasteiger partial charge in [0.25, 0.3) is 0 Å². The fourth-order valence-corrected chi connectivity index (χ4v) is 2.19. The molecule has 80 valence electrons. The van der Waals surface area contributed by atoms with Crippen LogP contribution in [0.15, 0.2) is 6.07 Å². The number of hydrogen-bond acceptors (Lipinski definition) is 3. The van der Waals surface area contributed by atoms with Crippen molar-refractivity contribution in [2.75, 3.05) is 6.61 Å². The minimum atomic E-state index is 0.0230. The summed E-state index contributed by atoms with van der Waals surface area (Å²) < 4.78 is 5.49. The molecule has 0 aliphatic rings. The first-order valence-corrected chi connectivity index (χ1v) is 5.76. The van der Waals surface area contributed by atoms with E-state index in [0.717, 1.165) is 0 Å². The fraction of sp³-hybridized carbons (Fsp3) is 0.636. The van der Waals surface area contributed by atoms with Gasteiger partial charge in [-0.25, -0.2) is 0 Å². The van der Waals surface area contributed by atoms with Crippen molar-refractivity contribution in [3.8, 4) is 0 Å². The van der Waals surface area contributed by atoms with Gasteiger partial charge < -0.3 is 10.5 Å². The van der Waals surface area contributed by atoms with Gasteiger partial charge in [0.15, 0.2) is 0 Å². The van der Waals surface area contributed by atoms with Gasteiger partial charge in [0.1, 0.15) is 0 Å². The van der Waals surface area contributed by atoms with Gasteiger partial charge in [0.05, 0.1) is 18.8 Å². The molecule has 0 fully saturated rings. The Kier molecular flexibility index (Phi) is 4.11. The summed E-state index contributed by atoms with van der Waals surface area (Å²) in [6, 6.07) is 2.18. The molecule has 1 atom stereocenters. The largest absolute Gasteiger partial charge is 0.377 e. The first-order valence-electron chi connectivity index (χ1n) is 4.94. The molecule has 2 nitrogen and oxygen atoms in total. The highest BCUT2D eigenvalue weighted by molar-refractivity contribution is 7.12. The van der Waals surface area contributed by atoms with Crippen molar-refractivity contribution in [3.05, 3.63) is 21.4 Å². The first-order chi connectivity index (χ1) is 6.50. The molecule has 1 aromatic heterocycles. The monoisotopic (exact) mass is 213 g/mol. The Balaban J connectivity index is 2.56. The van der Waals surface area contributed by atoms with Crippen LogP contribution >= 0.6 is 11.3 Å². The maximum atomic E-state index is 6.01. The fourth-order valence-electron chi connectivity index (χ4n) is 1.16. The standard InChI is InChI=1S/C11H19NOS/c1-7(2)13-6-10(12)11-5-8(3)9(4)14-11/h5,7,10H,6,12H2,1-4H3. The minimum Gasteiger partial charge on any atom is -0.377 e. The maximum absolute atomic E-state index is 6.01. The van der Waals surface area contributed by atoms with Gasteiger partial charge in [-0.3, -0.25) is 0 Å². The third-order valence-electron chi connectivity index (χ3n) is 2.16. The molecule has 0 saturated carbocycles. The van der Waals surface area contributed by atoms with E-state index in [1.54, 1.807) is 11.3 Å². The molecule has 1 rings (SSSR count). The smallest absolute Gasteiger partial charge is 0.0670 e. The predicted octanol–water partition coefficient (Wildman–Crippen LogP) is 2.79. The molecular formula is C11H19NOS. The molecule has 3 heteroatoms. The number of nitrogens with two attached hydrogens (primary N) is 1. The van der Waals surface area contributed by atoms with Crippen LogP contribution in [0.3, 0.4) is 0 Å². The molecule has 1 heterocycles. The van der Waals surface area contributed by atoms with Gasteiger partial charge in [-0.15, -0.1) is 11.3 Å². The van der Waals surface area contributed by atoms with Gasteiger partial charge in [0, 0.05) is 9.75 Å². The molecule has 0 bridgehead atoms. The second-order valence-electron chi connectivity index (χ2n) is 3.88. The summed E-state index contributed by atoms with van der Waals surface area (Å²) >= 11 is 1.77. The second-order valence-corrected chi connectivity index (χ2v) is 5.16. The van der Waals surface area contributed by atoms with E-state index in [1.807, 2.05) is 13.8 Å². The van der Waals surface area contributed by atoms with Crippen LogP contribution in [-0.2, 0) is 4.74 Å². The van der Waals surface area contributed by atoms with Crippen LogP contribution in [0, 0.1) is 13.8 Å². The summed E-state index contributed by atoms with van der Waals surface area (Å²) in [5.41, 5.74) is 7.33. The van der Waals surface area contributed by atoms with E-state index >= 15 is 0 Å². The quantitative estimate of drug-likeness (QED) is 0.834. The zero-order valence-corrected chi connectivity index (χ0v) is 10.1. The van der Waals surface area contributed by atoms with Crippen LogP contribution in [0.2, 0.25) is 0 Å². The SMILES string of the molecule is Cc1cc(C(N)COC(C)C)sc1C. The van der Waals surface area contributed by atoms with Crippen molar-refractivity contribution in [2.24, 2.45) is 5.73 Å². The lowest BCUT2D eigenvalue weighted by molar-refractivity contribution is 0.0688. The van der Waals surface area contributed by atoms with Gasteiger partial charge in [-0.2, -0.15) is 0 Å². The van der Waals surface area contributed by atoms with Crippen molar-refractivity contribution in [1.29, 1.82) is 0 Å². The van der Waals surface area contributed by atoms with Crippen molar-refractivity contribution >= 4 is 11.3 Å². The van der Waals surface area contributed by atoms with Gasteiger partial charge in [0.2, 0.25) is 0 Å². The Morgan fingerprint density at radius 2 is 2.07 bits per heavy atom. The molecule has 0 saturated heterocycles. The molecule has 0 spiro atoms. The van der Waals surface area contributed by atoms with Crippen LogP contribution in [0.25, 0.3) is 0 Å². The van der Waals surface area contributed by atoms with Crippen LogP contribution in [0.1, 0.15) is 35.2 Å². The predicted molar refractivity (Wildman–Crippen MR) is 61.8 cm³/mol. The number of rotatable bonds is 4. The average Bonchev–Trinajstić information content (AvgIpc) is 2.43. The lowest BCUT2D eigenvalue weighted by Crippen LogP contribution is -2.18. The summed E-state index contributed by atoms with van der Waals surface area (Å²) in [6.45, 7) is 8.90. The molecule has 1 unspecified atom stereocenters. The molecule has 0 aromatic carbocycles. The lowest BCUT2D eigenvalue weighted by Gasteiger charge is -2.12. The van der Waals surface area contributed by atoms with E-state index < -0.39 is 0 Å². The Bertz CT molecular complexity index is 274. The van der Waals surface area contributed by atoms with E-state index in [1.165, 1.54) is 15.3 Å². The topological polar surface area (TPSA) is 35.2 Å². The maximum Gasteiger partial charge on any atom is 0.0670 e. The van der Waals surface area contributed by atoms with Crippen molar-refractivity contribution in [2.45, 2.75) is 39.8 Å². The minimum absolute atomic E-state index is 0.0230. The van der Waals surface area contributed by atoms with E-state index in [0.29, 0.717) is 6.61 Å². The number of hydrogen-bond donors (Lipinski definition) is 1. The average molecular weight is 213 g/mol. The zero-order chi connectivity index (χ0) is 10.7. The highest BCUT2D eigenvalue weighted by atomic mass is 32.1. The molecule has 0 aliphatic heterocycles. The third kappa shape index (κ3) is 3.08. The Labute approximate surface area is 90.1 Å². The molecule has 0 amide bonds. The van der Waals surface area contributed by atoms with Gasteiger partial charge >= 0.3 is 0 Å². The zero-order valence-electron chi connectivity index (χ0n) is 9.33. The van der Waals surface area contributed by atoms with E-state index in [9.17, 15) is 0 Å². The molecule has 14 heavy (non-hydrogen) atoms. The van der Waals surface area contributed by atoms with Crippen LogP contribution in [0.4, 0.5) is 0 Å². The van der Waals surface area contributed by atoms with Crippen LogP contribution in [-0.4, -0.2) is 12.7 Å². The number of aryl methyl sites for hydroxylation is 2. The number of thiophene rings is 1. The molecule has 0 aliphatic carbocycles. The molecule has 2 N–H and O–H groups in total. The first kappa shape index (κ1) is 11.7. The summed E-state index contributed by atoms with van der Waals surface area (Å²) in [5, 5.41) is 0. The van der Waals surface area contributed by atoms with Crippen molar-refractivity contribution in [1.82, 2.24) is 0 Å². The van der Waals surface area contributed by atoms with Gasteiger partial charge in [-0.1, -0.05) is 0 Å². The summed E-state index contributed by atoms with van der Waals surface area (Å²) in [5.74, 6) is 0. The summed E-state index contributed by atoms with van der Waals surface area (Å²) in [4.78, 5) is 2.57. The summed E-state index contributed by atoms with van der Waals surface area (Å²) in [7, 11) is 0. The van der Waals surface area contributed by atoms with Crippen molar-refractivity contribution < 1.29 is 4.74 Å². The van der Waals surface area contributed by atoms with Crippen LogP contribution in [0.5, 0.6) is 0 Å². The van der Waals surface area contributed by atoms with Crippen molar-refractivity contribution in [3.63, 3.8) is 0 Å². The van der Waals surface area contributed by atoms with E-state index in [4.69, 9.17) is 10.5 Å².